The zero-order valence-electron chi connectivity index (χ0n) is 16.9. The van der Waals surface area contributed by atoms with Crippen molar-refractivity contribution in [2.24, 2.45) is 0 Å². The van der Waals surface area contributed by atoms with Gasteiger partial charge in [-0.15, -0.1) is 11.3 Å². The van der Waals surface area contributed by atoms with Crippen LogP contribution in [0, 0.1) is 0 Å². The van der Waals surface area contributed by atoms with Crippen LogP contribution in [0.1, 0.15) is 35.2 Å². The molecule has 0 bridgehead atoms. The molecular formula is C26H21N3OS. The molecule has 2 aromatic heterocycles. The third-order valence-electron chi connectivity index (χ3n) is 6.16. The Bertz CT molecular complexity index is 1330. The summed E-state index contributed by atoms with van der Waals surface area (Å²) in [5.41, 5.74) is 4.97. The lowest BCUT2D eigenvalue weighted by Crippen LogP contribution is -2.31. The topological polar surface area (TPSA) is 46.9 Å². The third-order valence-corrected chi connectivity index (χ3v) is 7.19. The lowest BCUT2D eigenvalue weighted by atomic mass is 9.81. The summed E-state index contributed by atoms with van der Waals surface area (Å²) in [5.74, 6) is 1.26. The van der Waals surface area contributed by atoms with E-state index >= 15 is 0 Å². The van der Waals surface area contributed by atoms with E-state index in [1.54, 1.807) is 11.3 Å². The number of fused-ring (bicyclic) bond motifs is 3. The molecule has 4 aromatic rings. The van der Waals surface area contributed by atoms with Crippen LogP contribution in [0.2, 0.25) is 0 Å². The second kappa shape index (κ2) is 7.36. The molecule has 3 heterocycles. The minimum Gasteiger partial charge on any atom is -0.329 e. The second-order valence-electron chi connectivity index (χ2n) is 8.07. The maximum Gasteiger partial charge on any atom is 0.209 e. The molecule has 2 atom stereocenters. The summed E-state index contributed by atoms with van der Waals surface area (Å²) < 4.78 is 2.16. The van der Waals surface area contributed by atoms with Gasteiger partial charge in [0.15, 0.2) is 5.78 Å². The maximum atomic E-state index is 13.5. The van der Waals surface area contributed by atoms with Crippen molar-refractivity contribution in [1.82, 2.24) is 9.55 Å². The van der Waals surface area contributed by atoms with Crippen LogP contribution >= 0.6 is 11.3 Å². The second-order valence-corrected chi connectivity index (χ2v) is 9.05. The normalized spacial score (nSPS) is 20.7. The number of carbonyl (C=O) groups is 1. The Morgan fingerprint density at radius 2 is 1.84 bits per heavy atom. The fourth-order valence-electron chi connectivity index (χ4n) is 4.74. The van der Waals surface area contributed by atoms with Crippen LogP contribution in [0.15, 0.2) is 89.5 Å². The number of nitrogens with one attached hydrogen (secondary N) is 1. The van der Waals surface area contributed by atoms with E-state index in [4.69, 9.17) is 4.98 Å². The van der Waals surface area contributed by atoms with Crippen molar-refractivity contribution in [3.63, 3.8) is 0 Å². The van der Waals surface area contributed by atoms with Gasteiger partial charge < -0.3 is 5.32 Å². The first-order chi connectivity index (χ1) is 15.3. The quantitative estimate of drug-likeness (QED) is 0.428. The number of benzene rings is 2. The standard InChI is InChI=1S/C26H21N3OS/c30-23-16-18(24-11-6-14-31-24)15-20-25(23)22(13-12-17-7-2-1-3-8-17)29-21-10-5-4-9-19(21)27-26(29)28-20/h1-14,18,22H,15-16H2,(H,27,28). The minimum absolute atomic E-state index is 0.171. The molecule has 31 heavy (non-hydrogen) atoms. The molecule has 1 aliphatic carbocycles. The van der Waals surface area contributed by atoms with E-state index in [1.165, 1.54) is 4.88 Å². The maximum absolute atomic E-state index is 13.5. The number of nitrogens with zero attached hydrogens (tertiary/aromatic N) is 2. The zero-order valence-corrected chi connectivity index (χ0v) is 17.7. The number of Topliss-reactive ketones (excluding diaryl/α,β-unsaturated/α-hetero) is 1. The molecule has 6 rings (SSSR count). The number of rotatable bonds is 3. The molecule has 1 N–H and O–H groups in total. The third kappa shape index (κ3) is 3.13. The molecule has 5 heteroatoms. The Morgan fingerprint density at radius 3 is 2.68 bits per heavy atom. The summed E-state index contributed by atoms with van der Waals surface area (Å²) in [7, 11) is 0. The smallest absolute Gasteiger partial charge is 0.209 e. The SMILES string of the molecule is O=C1CC(c2cccs2)CC2=C1C(C=Cc1ccccc1)n1c(nc3ccccc31)N2. The van der Waals surface area contributed by atoms with E-state index in [2.05, 4.69) is 57.7 Å². The highest BCUT2D eigenvalue weighted by molar-refractivity contribution is 7.10. The van der Waals surface area contributed by atoms with Crippen LogP contribution < -0.4 is 5.32 Å². The van der Waals surface area contributed by atoms with Gasteiger partial charge in [-0.1, -0.05) is 60.7 Å². The molecule has 0 saturated carbocycles. The first-order valence-electron chi connectivity index (χ1n) is 10.5. The van der Waals surface area contributed by atoms with E-state index in [-0.39, 0.29) is 17.7 Å². The fourth-order valence-corrected chi connectivity index (χ4v) is 5.57. The molecule has 2 aliphatic rings. The van der Waals surface area contributed by atoms with Gasteiger partial charge in [-0.2, -0.15) is 0 Å². The number of ketones is 1. The molecule has 0 saturated heterocycles. The summed E-state index contributed by atoms with van der Waals surface area (Å²) >= 11 is 1.73. The Balaban J connectivity index is 1.48. The van der Waals surface area contributed by atoms with Gasteiger partial charge in [-0.25, -0.2) is 4.98 Å². The summed E-state index contributed by atoms with van der Waals surface area (Å²) in [6.07, 6.45) is 5.64. The zero-order chi connectivity index (χ0) is 20.8. The van der Waals surface area contributed by atoms with Crippen LogP contribution in [-0.2, 0) is 4.79 Å². The first kappa shape index (κ1) is 18.3. The fraction of sp³-hybridized carbons (Fsp3) is 0.154. The van der Waals surface area contributed by atoms with Gasteiger partial charge >= 0.3 is 0 Å². The van der Waals surface area contributed by atoms with Crippen LogP contribution in [0.3, 0.4) is 0 Å². The molecule has 0 spiro atoms. The average molecular weight is 424 g/mol. The number of aromatic nitrogens is 2. The van der Waals surface area contributed by atoms with Crippen molar-refractivity contribution in [2.45, 2.75) is 24.8 Å². The molecule has 0 radical (unpaired) electrons. The van der Waals surface area contributed by atoms with E-state index in [1.807, 2.05) is 36.4 Å². The Hall–Kier alpha value is -3.44. The Morgan fingerprint density at radius 1 is 1.00 bits per heavy atom. The van der Waals surface area contributed by atoms with Crippen molar-refractivity contribution < 1.29 is 4.79 Å². The van der Waals surface area contributed by atoms with E-state index < -0.39 is 0 Å². The van der Waals surface area contributed by atoms with Gasteiger partial charge in [-0.3, -0.25) is 9.36 Å². The summed E-state index contributed by atoms with van der Waals surface area (Å²) in [5, 5.41) is 5.61. The van der Waals surface area contributed by atoms with E-state index in [9.17, 15) is 4.79 Å². The molecule has 2 unspecified atom stereocenters. The molecule has 0 fully saturated rings. The molecule has 152 valence electrons. The number of para-hydroxylation sites is 2. The monoisotopic (exact) mass is 423 g/mol. The first-order valence-corrected chi connectivity index (χ1v) is 11.4. The van der Waals surface area contributed by atoms with Crippen LogP contribution in [-0.4, -0.2) is 15.3 Å². The Kier molecular flexibility index (Phi) is 4.35. The number of imidazole rings is 1. The predicted octanol–water partition coefficient (Wildman–Crippen LogP) is 6.18. The largest absolute Gasteiger partial charge is 0.329 e. The van der Waals surface area contributed by atoms with Gasteiger partial charge in [0.1, 0.15) is 0 Å². The Labute approximate surface area is 184 Å². The van der Waals surface area contributed by atoms with Crippen molar-refractivity contribution in [2.75, 3.05) is 5.32 Å². The average Bonchev–Trinajstić information content (AvgIpc) is 3.45. The van der Waals surface area contributed by atoms with Gasteiger partial charge in [0, 0.05) is 28.5 Å². The highest BCUT2D eigenvalue weighted by atomic mass is 32.1. The number of hydrogen-bond donors (Lipinski definition) is 1. The minimum atomic E-state index is -0.171. The summed E-state index contributed by atoms with van der Waals surface area (Å²) in [4.78, 5) is 19.6. The summed E-state index contributed by atoms with van der Waals surface area (Å²) in [6.45, 7) is 0. The molecule has 2 aromatic carbocycles. The van der Waals surface area contributed by atoms with Crippen LogP contribution in [0.25, 0.3) is 17.1 Å². The predicted molar refractivity (Wildman–Crippen MR) is 126 cm³/mol. The van der Waals surface area contributed by atoms with Gasteiger partial charge in [0.25, 0.3) is 0 Å². The number of hydrogen-bond acceptors (Lipinski definition) is 4. The van der Waals surface area contributed by atoms with Crippen molar-refractivity contribution in [3.05, 3.63) is 99.9 Å². The number of carbonyl (C=O) groups excluding carboxylic acids is 1. The molecule has 1 aliphatic heterocycles. The van der Waals surface area contributed by atoms with Gasteiger partial charge in [-0.05, 0) is 35.6 Å². The van der Waals surface area contributed by atoms with E-state index in [0.717, 1.165) is 40.2 Å². The van der Waals surface area contributed by atoms with Crippen LogP contribution in [0.5, 0.6) is 0 Å². The number of allylic oxidation sites excluding steroid dienone is 3. The highest BCUT2D eigenvalue weighted by Gasteiger charge is 2.38. The van der Waals surface area contributed by atoms with Crippen molar-refractivity contribution >= 4 is 40.2 Å². The molecule has 4 nitrogen and oxygen atoms in total. The van der Waals surface area contributed by atoms with Crippen LogP contribution in [0.4, 0.5) is 5.95 Å². The van der Waals surface area contributed by atoms with E-state index in [0.29, 0.717) is 6.42 Å². The number of anilines is 1. The molecular weight excluding hydrogens is 402 g/mol. The number of thiophene rings is 1. The summed E-state index contributed by atoms with van der Waals surface area (Å²) in [6, 6.07) is 22.4. The lowest BCUT2D eigenvalue weighted by Gasteiger charge is -2.34. The highest BCUT2D eigenvalue weighted by Crippen LogP contribution is 2.44. The molecule has 0 amide bonds. The van der Waals surface area contributed by atoms with Crippen molar-refractivity contribution in [3.8, 4) is 0 Å². The van der Waals surface area contributed by atoms with Gasteiger partial charge in [0.2, 0.25) is 5.95 Å². The van der Waals surface area contributed by atoms with Gasteiger partial charge in [0.05, 0.1) is 17.1 Å². The lowest BCUT2D eigenvalue weighted by molar-refractivity contribution is -0.116. The van der Waals surface area contributed by atoms with Crippen molar-refractivity contribution in [1.29, 1.82) is 0 Å².